The summed E-state index contributed by atoms with van der Waals surface area (Å²) >= 11 is 0. The molecule has 1 rings (SSSR count). The van der Waals surface area contributed by atoms with Crippen LogP contribution in [0.5, 0.6) is 0 Å². The molecule has 0 aromatic heterocycles. The normalized spacial score (nSPS) is 15.8. The lowest BCUT2D eigenvalue weighted by molar-refractivity contribution is -0.173. The highest BCUT2D eigenvalue weighted by Crippen LogP contribution is 2.03. The van der Waals surface area contributed by atoms with Gasteiger partial charge in [0.2, 0.25) is 0 Å². The Morgan fingerprint density at radius 1 is 1.36 bits per heavy atom. The van der Waals surface area contributed by atoms with Crippen molar-refractivity contribution in [1.82, 2.24) is 5.06 Å². The molecular weight excluding hydrogens is 154 g/mol. The molecule has 0 saturated heterocycles. The molecule has 11 heavy (non-hydrogen) atoms. The fourth-order valence-electron chi connectivity index (χ4n) is 0.555. The molecule has 0 fully saturated rings. The Hall–Kier alpha value is -1.85. The SMILES string of the molecule is O=C(O)ON1C(=O)C=CC1=O. The summed E-state index contributed by atoms with van der Waals surface area (Å²) in [5, 5.41) is 8.17. The lowest BCUT2D eigenvalue weighted by atomic mass is 10.6. The fraction of sp³-hybridized carbons (Fsp3) is 0. The summed E-state index contributed by atoms with van der Waals surface area (Å²) < 4.78 is 0. The number of rotatable bonds is 1. The number of carbonyl (C=O) groups excluding carboxylic acids is 2. The van der Waals surface area contributed by atoms with Gasteiger partial charge < -0.3 is 5.11 Å². The molecule has 1 aliphatic heterocycles. The van der Waals surface area contributed by atoms with Gasteiger partial charge >= 0.3 is 6.16 Å². The molecule has 0 aliphatic carbocycles. The summed E-state index contributed by atoms with van der Waals surface area (Å²) in [4.78, 5) is 34.8. The average Bonchev–Trinajstić information content (AvgIpc) is 2.18. The Balaban J connectivity index is 2.66. The van der Waals surface area contributed by atoms with Crippen molar-refractivity contribution in [3.63, 3.8) is 0 Å². The first-order chi connectivity index (χ1) is 5.11. The van der Waals surface area contributed by atoms with Gasteiger partial charge in [0.05, 0.1) is 0 Å². The maximum Gasteiger partial charge on any atom is 0.531 e. The zero-order valence-corrected chi connectivity index (χ0v) is 5.18. The van der Waals surface area contributed by atoms with E-state index in [9.17, 15) is 14.4 Å². The van der Waals surface area contributed by atoms with E-state index in [0.29, 0.717) is 0 Å². The second kappa shape index (κ2) is 2.41. The molecule has 6 heteroatoms. The van der Waals surface area contributed by atoms with Crippen LogP contribution in [0.1, 0.15) is 0 Å². The highest BCUT2D eigenvalue weighted by molar-refractivity contribution is 6.12. The number of nitrogens with zero attached hydrogens (tertiary/aromatic N) is 1. The summed E-state index contributed by atoms with van der Waals surface area (Å²) in [6.07, 6.45) is 0.145. The number of hydrogen-bond donors (Lipinski definition) is 1. The Bertz CT molecular complexity index is 238. The molecule has 0 saturated carbocycles. The van der Waals surface area contributed by atoms with Crippen molar-refractivity contribution < 1.29 is 24.3 Å². The third kappa shape index (κ3) is 1.34. The summed E-state index contributed by atoms with van der Waals surface area (Å²) in [6.45, 7) is 0. The van der Waals surface area contributed by atoms with E-state index in [4.69, 9.17) is 5.11 Å². The van der Waals surface area contributed by atoms with Crippen molar-refractivity contribution in [3.8, 4) is 0 Å². The zero-order chi connectivity index (χ0) is 8.43. The van der Waals surface area contributed by atoms with Crippen LogP contribution in [0.3, 0.4) is 0 Å². The van der Waals surface area contributed by atoms with Gasteiger partial charge in [-0.3, -0.25) is 14.4 Å². The van der Waals surface area contributed by atoms with Gasteiger partial charge in [-0.25, -0.2) is 4.79 Å². The van der Waals surface area contributed by atoms with Crippen molar-refractivity contribution in [2.45, 2.75) is 0 Å². The van der Waals surface area contributed by atoms with E-state index >= 15 is 0 Å². The van der Waals surface area contributed by atoms with Gasteiger partial charge in [0.15, 0.2) is 0 Å². The standard InChI is InChI=1S/C5H3NO5/c7-3-1-2-4(8)6(3)11-5(9)10/h1-2H,(H,9,10). The van der Waals surface area contributed by atoms with Gasteiger partial charge in [-0.15, -0.1) is 0 Å². The molecule has 1 heterocycles. The smallest absolute Gasteiger partial charge is 0.448 e. The van der Waals surface area contributed by atoms with E-state index in [1.54, 1.807) is 0 Å². The summed E-state index contributed by atoms with van der Waals surface area (Å²) in [7, 11) is 0. The van der Waals surface area contributed by atoms with Crippen LogP contribution < -0.4 is 0 Å². The number of imide groups is 1. The Morgan fingerprint density at radius 3 is 2.18 bits per heavy atom. The maximum atomic E-state index is 10.6. The van der Waals surface area contributed by atoms with Gasteiger partial charge in [0.25, 0.3) is 11.8 Å². The number of carbonyl (C=O) groups is 3. The molecule has 58 valence electrons. The second-order valence-electron chi connectivity index (χ2n) is 1.66. The van der Waals surface area contributed by atoms with Crippen molar-refractivity contribution in [1.29, 1.82) is 0 Å². The first-order valence-corrected chi connectivity index (χ1v) is 2.58. The summed E-state index contributed by atoms with van der Waals surface area (Å²) in [5.74, 6) is -1.59. The van der Waals surface area contributed by atoms with Crippen molar-refractivity contribution in [2.75, 3.05) is 0 Å². The minimum atomic E-state index is -1.70. The topological polar surface area (TPSA) is 83.9 Å². The quantitative estimate of drug-likeness (QED) is 0.519. The minimum absolute atomic E-state index is 0.155. The van der Waals surface area contributed by atoms with E-state index in [2.05, 4.69) is 4.84 Å². The Morgan fingerprint density at radius 2 is 1.82 bits per heavy atom. The monoisotopic (exact) mass is 157 g/mol. The third-order valence-electron chi connectivity index (χ3n) is 0.938. The predicted octanol–water partition coefficient (Wildman–Crippen LogP) is -0.479. The van der Waals surface area contributed by atoms with Crippen LogP contribution in [0.15, 0.2) is 12.2 Å². The molecule has 0 spiro atoms. The number of amides is 2. The first-order valence-electron chi connectivity index (χ1n) is 2.58. The van der Waals surface area contributed by atoms with E-state index in [-0.39, 0.29) is 5.06 Å². The second-order valence-corrected chi connectivity index (χ2v) is 1.66. The van der Waals surface area contributed by atoms with Gasteiger partial charge in [-0.1, -0.05) is 5.06 Å². The van der Waals surface area contributed by atoms with Gasteiger partial charge in [-0.2, -0.15) is 0 Å². The fourth-order valence-corrected chi connectivity index (χ4v) is 0.555. The molecule has 0 aromatic carbocycles. The molecule has 1 aliphatic rings. The lowest BCUT2D eigenvalue weighted by Crippen LogP contribution is -2.32. The van der Waals surface area contributed by atoms with Crippen LogP contribution in [0.4, 0.5) is 4.79 Å². The highest BCUT2D eigenvalue weighted by atomic mass is 16.8. The number of carboxylic acid groups (broad SMARTS) is 1. The van der Waals surface area contributed by atoms with Crippen LogP contribution in [0, 0.1) is 0 Å². The van der Waals surface area contributed by atoms with Crippen LogP contribution in [-0.2, 0) is 14.4 Å². The molecule has 6 nitrogen and oxygen atoms in total. The molecule has 0 bridgehead atoms. The van der Waals surface area contributed by atoms with Gasteiger partial charge in [0, 0.05) is 12.2 Å². The van der Waals surface area contributed by atoms with Crippen molar-refractivity contribution in [2.24, 2.45) is 0 Å². The molecule has 0 aromatic rings. The van der Waals surface area contributed by atoms with Crippen molar-refractivity contribution in [3.05, 3.63) is 12.2 Å². The third-order valence-corrected chi connectivity index (χ3v) is 0.938. The largest absolute Gasteiger partial charge is 0.531 e. The number of hydrogen-bond acceptors (Lipinski definition) is 4. The van der Waals surface area contributed by atoms with Crippen LogP contribution in [0.2, 0.25) is 0 Å². The number of hydroxylamine groups is 2. The Labute approximate surface area is 60.6 Å². The molecule has 2 amide bonds. The Kier molecular flexibility index (Phi) is 1.59. The van der Waals surface area contributed by atoms with E-state index in [0.717, 1.165) is 12.2 Å². The minimum Gasteiger partial charge on any atom is -0.448 e. The van der Waals surface area contributed by atoms with Crippen LogP contribution >= 0.6 is 0 Å². The van der Waals surface area contributed by atoms with E-state index in [1.807, 2.05) is 0 Å². The molecular formula is C5H3NO5. The van der Waals surface area contributed by atoms with Gasteiger partial charge in [0.1, 0.15) is 0 Å². The maximum absolute atomic E-state index is 10.6. The van der Waals surface area contributed by atoms with Crippen molar-refractivity contribution >= 4 is 18.0 Å². The zero-order valence-electron chi connectivity index (χ0n) is 5.18. The van der Waals surface area contributed by atoms with Crippen LogP contribution in [0.25, 0.3) is 0 Å². The lowest BCUT2D eigenvalue weighted by Gasteiger charge is -2.08. The van der Waals surface area contributed by atoms with E-state index in [1.165, 1.54) is 0 Å². The summed E-state index contributed by atoms with van der Waals surface area (Å²) in [6, 6.07) is 0. The molecule has 0 atom stereocenters. The predicted molar refractivity (Wildman–Crippen MR) is 30.1 cm³/mol. The average molecular weight is 157 g/mol. The van der Waals surface area contributed by atoms with E-state index < -0.39 is 18.0 Å². The van der Waals surface area contributed by atoms with Gasteiger partial charge in [-0.05, 0) is 0 Å². The highest BCUT2D eigenvalue weighted by Gasteiger charge is 2.27. The summed E-state index contributed by atoms with van der Waals surface area (Å²) in [5.41, 5.74) is 0. The molecule has 1 N–H and O–H groups in total. The molecule has 0 unspecified atom stereocenters. The first kappa shape index (κ1) is 7.26. The molecule has 0 radical (unpaired) electrons. The van der Waals surface area contributed by atoms with Crippen LogP contribution in [-0.4, -0.2) is 28.1 Å².